The first-order chi connectivity index (χ1) is 17.3. The normalized spacial score (nSPS) is 17.1. The summed E-state index contributed by atoms with van der Waals surface area (Å²) in [6.07, 6.45) is 0. The van der Waals surface area contributed by atoms with Crippen molar-refractivity contribution in [1.29, 1.82) is 0 Å². The lowest BCUT2D eigenvalue weighted by Crippen LogP contribution is -2.41. The van der Waals surface area contributed by atoms with E-state index in [1.165, 1.54) is 16.2 Å². The second-order valence-electron chi connectivity index (χ2n) is 10.9. The highest BCUT2D eigenvalue weighted by Gasteiger charge is 2.52. The Balaban J connectivity index is 1.42. The Labute approximate surface area is 210 Å². The minimum Gasteiger partial charge on any atom is -0.456 e. The van der Waals surface area contributed by atoms with Gasteiger partial charge in [0.15, 0.2) is 0 Å². The van der Waals surface area contributed by atoms with Gasteiger partial charge in [0.05, 0.1) is 11.2 Å². The molecule has 0 N–H and O–H groups in total. The Morgan fingerprint density at radius 3 is 1.92 bits per heavy atom. The molecule has 7 rings (SSSR count). The Morgan fingerprint density at radius 1 is 0.528 bits per heavy atom. The van der Waals surface area contributed by atoms with E-state index in [9.17, 15) is 0 Å². The van der Waals surface area contributed by atoms with E-state index in [2.05, 4.69) is 119 Å². The molecule has 0 atom stereocenters. The van der Waals surface area contributed by atoms with Gasteiger partial charge >= 0.3 is 7.12 Å². The van der Waals surface area contributed by atoms with Crippen molar-refractivity contribution in [3.8, 4) is 11.1 Å². The molecule has 6 aromatic rings. The summed E-state index contributed by atoms with van der Waals surface area (Å²) in [7, 11) is -0.426. The van der Waals surface area contributed by atoms with Crippen molar-refractivity contribution in [2.24, 2.45) is 0 Å². The van der Waals surface area contributed by atoms with E-state index in [0.717, 1.165) is 43.9 Å². The third-order valence-electron chi connectivity index (χ3n) is 8.07. The summed E-state index contributed by atoms with van der Waals surface area (Å²) in [5.74, 6) is 0. The molecule has 0 radical (unpaired) electrons. The van der Waals surface area contributed by atoms with Crippen LogP contribution >= 0.6 is 0 Å². The van der Waals surface area contributed by atoms with Crippen LogP contribution in [0.3, 0.4) is 0 Å². The lowest BCUT2D eigenvalue weighted by molar-refractivity contribution is 0.00578. The van der Waals surface area contributed by atoms with E-state index >= 15 is 0 Å². The zero-order chi connectivity index (χ0) is 24.7. The van der Waals surface area contributed by atoms with Crippen molar-refractivity contribution in [2.75, 3.05) is 0 Å². The van der Waals surface area contributed by atoms with Crippen LogP contribution in [0.5, 0.6) is 0 Å². The van der Waals surface area contributed by atoms with Gasteiger partial charge in [0.25, 0.3) is 0 Å². The predicted octanol–water partition coefficient (Wildman–Crippen LogP) is 7.86. The third-order valence-corrected chi connectivity index (χ3v) is 8.07. The topological polar surface area (TPSA) is 31.6 Å². The van der Waals surface area contributed by atoms with Crippen LogP contribution in [0.15, 0.2) is 95.4 Å². The van der Waals surface area contributed by atoms with Crippen molar-refractivity contribution in [3.05, 3.63) is 91.0 Å². The summed E-state index contributed by atoms with van der Waals surface area (Å²) >= 11 is 0. The van der Waals surface area contributed by atoms with Crippen molar-refractivity contribution in [3.63, 3.8) is 0 Å². The number of hydrogen-bond acceptors (Lipinski definition) is 3. The fraction of sp³-hybridized carbons (Fsp3) is 0.188. The van der Waals surface area contributed by atoms with Gasteiger partial charge in [0.1, 0.15) is 11.2 Å². The van der Waals surface area contributed by atoms with E-state index in [4.69, 9.17) is 13.7 Å². The molecule has 0 unspecified atom stereocenters. The minimum absolute atomic E-state index is 0.397. The number of benzene rings is 5. The summed E-state index contributed by atoms with van der Waals surface area (Å²) in [6.45, 7) is 8.39. The molecule has 5 aromatic carbocycles. The van der Waals surface area contributed by atoms with Crippen LogP contribution in [0.2, 0.25) is 0 Å². The monoisotopic (exact) mass is 470 g/mol. The van der Waals surface area contributed by atoms with Crippen molar-refractivity contribution < 1.29 is 13.7 Å². The third kappa shape index (κ3) is 3.22. The first kappa shape index (κ1) is 21.7. The Bertz CT molecular complexity index is 1800. The average molecular weight is 470 g/mol. The van der Waals surface area contributed by atoms with E-state index < -0.39 is 18.3 Å². The summed E-state index contributed by atoms with van der Waals surface area (Å²) in [6, 6.07) is 32.2. The zero-order valence-electron chi connectivity index (χ0n) is 21.0. The lowest BCUT2D eigenvalue weighted by Gasteiger charge is -2.32. The molecule has 176 valence electrons. The van der Waals surface area contributed by atoms with Gasteiger partial charge in [-0.25, -0.2) is 0 Å². The van der Waals surface area contributed by atoms with Crippen LogP contribution in [0.4, 0.5) is 0 Å². The summed E-state index contributed by atoms with van der Waals surface area (Å²) in [5, 5.41) is 6.98. The van der Waals surface area contributed by atoms with E-state index in [1.54, 1.807) is 0 Å². The van der Waals surface area contributed by atoms with Gasteiger partial charge in [-0.3, -0.25) is 0 Å². The molecule has 1 fully saturated rings. The standard InChI is InChI=1S/C32H27BO3/c1-31(2)32(3,4)36-33(35-31)28-18-24(15-23-11-7-8-12-25(23)28)22-13-14-29-26(17-22)27-16-20-9-5-6-10-21(20)19-30(27)34-29/h5-19H,1-4H3. The maximum Gasteiger partial charge on any atom is 0.495 e. The average Bonchev–Trinajstić information content (AvgIpc) is 3.33. The minimum atomic E-state index is -0.426. The smallest absolute Gasteiger partial charge is 0.456 e. The SMILES string of the molecule is CC1(C)OB(c2cc(-c3ccc4oc5cc6ccccc6cc5c4c3)cc3ccccc23)OC1(C)C. The fourth-order valence-electron chi connectivity index (χ4n) is 5.31. The molecule has 0 saturated carbocycles. The Kier molecular flexibility index (Phi) is 4.49. The highest BCUT2D eigenvalue weighted by Crippen LogP contribution is 2.38. The summed E-state index contributed by atoms with van der Waals surface area (Å²) in [5.41, 5.74) is 4.36. The number of rotatable bonds is 2. The molecule has 0 aliphatic carbocycles. The fourth-order valence-corrected chi connectivity index (χ4v) is 5.31. The molecule has 3 nitrogen and oxygen atoms in total. The van der Waals surface area contributed by atoms with Gasteiger partial charge in [0.2, 0.25) is 0 Å². The van der Waals surface area contributed by atoms with E-state index in [-0.39, 0.29) is 0 Å². The van der Waals surface area contributed by atoms with E-state index in [1.807, 2.05) is 0 Å². The maximum absolute atomic E-state index is 6.47. The number of hydrogen-bond donors (Lipinski definition) is 0. The molecule has 0 bridgehead atoms. The van der Waals surface area contributed by atoms with Crippen LogP contribution in [0, 0.1) is 0 Å². The van der Waals surface area contributed by atoms with Crippen molar-refractivity contribution in [2.45, 2.75) is 38.9 Å². The first-order valence-electron chi connectivity index (χ1n) is 12.5. The second-order valence-corrected chi connectivity index (χ2v) is 10.9. The largest absolute Gasteiger partial charge is 0.495 e. The Hall–Kier alpha value is -3.60. The molecule has 1 saturated heterocycles. The quantitative estimate of drug-likeness (QED) is 0.242. The number of fused-ring (bicyclic) bond motifs is 5. The van der Waals surface area contributed by atoms with Crippen LogP contribution in [0.25, 0.3) is 54.6 Å². The molecular formula is C32H27BO3. The van der Waals surface area contributed by atoms with Gasteiger partial charge in [-0.05, 0) is 96.2 Å². The highest BCUT2D eigenvalue weighted by molar-refractivity contribution is 6.65. The molecule has 1 aliphatic rings. The maximum atomic E-state index is 6.47. The van der Waals surface area contributed by atoms with Crippen LogP contribution in [0.1, 0.15) is 27.7 Å². The summed E-state index contributed by atoms with van der Waals surface area (Å²) in [4.78, 5) is 0. The molecule has 0 spiro atoms. The van der Waals surface area contributed by atoms with Gasteiger partial charge in [-0.1, -0.05) is 60.7 Å². The van der Waals surface area contributed by atoms with Gasteiger partial charge < -0.3 is 13.7 Å². The second kappa shape index (κ2) is 7.46. The molecule has 2 heterocycles. The molecular weight excluding hydrogens is 443 g/mol. The highest BCUT2D eigenvalue weighted by atomic mass is 16.7. The summed E-state index contributed by atoms with van der Waals surface area (Å²) < 4.78 is 19.2. The van der Waals surface area contributed by atoms with Crippen molar-refractivity contribution in [1.82, 2.24) is 0 Å². The molecule has 1 aromatic heterocycles. The number of furan rings is 1. The molecule has 0 amide bonds. The zero-order valence-corrected chi connectivity index (χ0v) is 21.0. The first-order valence-corrected chi connectivity index (χ1v) is 12.5. The lowest BCUT2D eigenvalue weighted by atomic mass is 9.74. The van der Waals surface area contributed by atoms with Crippen molar-refractivity contribution >= 4 is 56.1 Å². The predicted molar refractivity (Wildman–Crippen MR) is 150 cm³/mol. The van der Waals surface area contributed by atoms with Crippen LogP contribution in [-0.4, -0.2) is 18.3 Å². The van der Waals surface area contributed by atoms with E-state index in [0.29, 0.717) is 0 Å². The van der Waals surface area contributed by atoms with Crippen LogP contribution < -0.4 is 5.46 Å². The molecule has 1 aliphatic heterocycles. The van der Waals surface area contributed by atoms with Gasteiger partial charge in [0, 0.05) is 10.8 Å². The van der Waals surface area contributed by atoms with Crippen LogP contribution in [-0.2, 0) is 9.31 Å². The van der Waals surface area contributed by atoms with Gasteiger partial charge in [-0.2, -0.15) is 0 Å². The molecule has 4 heteroatoms. The molecule has 36 heavy (non-hydrogen) atoms. The Morgan fingerprint density at radius 2 is 1.17 bits per heavy atom. The van der Waals surface area contributed by atoms with Gasteiger partial charge in [-0.15, -0.1) is 0 Å².